The zero-order chi connectivity index (χ0) is 14.4. The highest BCUT2D eigenvalue weighted by atomic mass is 16.5. The topological polar surface area (TPSA) is 70.8 Å². The van der Waals surface area contributed by atoms with Gasteiger partial charge in [0.2, 0.25) is 5.91 Å². The lowest BCUT2D eigenvalue weighted by atomic mass is 10.3. The second-order valence-corrected chi connectivity index (χ2v) is 4.96. The Bertz CT molecular complexity index is 445. The van der Waals surface area contributed by atoms with Gasteiger partial charge in [0, 0.05) is 26.2 Å². The number of piperazine rings is 1. The van der Waals surface area contributed by atoms with Crippen molar-refractivity contribution in [1.82, 2.24) is 15.3 Å². The Balaban J connectivity index is 1.67. The first-order valence-corrected chi connectivity index (χ1v) is 6.85. The molecule has 0 radical (unpaired) electrons. The number of rotatable bonds is 5. The Morgan fingerprint density at radius 3 is 2.70 bits per heavy atom. The Morgan fingerprint density at radius 1 is 1.30 bits per heavy atom. The molecule has 1 saturated heterocycles. The lowest BCUT2D eigenvalue weighted by Crippen LogP contribution is -2.52. The van der Waals surface area contributed by atoms with Gasteiger partial charge in [0.25, 0.3) is 0 Å². The van der Waals surface area contributed by atoms with Crippen LogP contribution in [0.5, 0.6) is 5.75 Å². The zero-order valence-corrected chi connectivity index (χ0v) is 11.8. The molecular formula is C14H22N4O2. The van der Waals surface area contributed by atoms with E-state index in [4.69, 9.17) is 10.5 Å². The molecule has 2 rings (SSSR count). The summed E-state index contributed by atoms with van der Waals surface area (Å²) in [6.45, 7) is 3.98. The van der Waals surface area contributed by atoms with Gasteiger partial charge < -0.3 is 15.4 Å². The Morgan fingerprint density at radius 2 is 2.00 bits per heavy atom. The van der Waals surface area contributed by atoms with Gasteiger partial charge >= 0.3 is 0 Å². The van der Waals surface area contributed by atoms with E-state index >= 15 is 0 Å². The molecule has 1 fully saturated rings. The summed E-state index contributed by atoms with van der Waals surface area (Å²) in [4.78, 5) is 14.0. The number of nitrogen functional groups attached to an aromatic ring is 1. The number of nitrogens with one attached hydrogen (secondary N) is 1. The number of nitrogens with two attached hydrogens (primary N) is 1. The van der Waals surface area contributed by atoms with Crippen molar-refractivity contribution in [2.75, 3.05) is 45.6 Å². The molecule has 1 aliphatic heterocycles. The lowest BCUT2D eigenvalue weighted by molar-refractivity contribution is -0.127. The molecule has 0 unspecified atom stereocenters. The molecule has 0 aromatic heterocycles. The number of hydrogen-bond donors (Lipinski definition) is 2. The summed E-state index contributed by atoms with van der Waals surface area (Å²) in [7, 11) is 2.08. The first-order chi connectivity index (χ1) is 9.65. The molecular weight excluding hydrogens is 256 g/mol. The van der Waals surface area contributed by atoms with Crippen LogP contribution in [0.4, 0.5) is 5.69 Å². The minimum atomic E-state index is -0.0240. The predicted octanol–water partition coefficient (Wildman–Crippen LogP) is 0.316. The van der Waals surface area contributed by atoms with E-state index in [1.165, 1.54) is 0 Å². The molecule has 0 aliphatic carbocycles. The lowest BCUT2D eigenvalue weighted by Gasteiger charge is -2.32. The van der Waals surface area contributed by atoms with Gasteiger partial charge in [-0.1, -0.05) is 12.1 Å². The third kappa shape index (κ3) is 4.40. The van der Waals surface area contributed by atoms with Gasteiger partial charge in [0.15, 0.2) is 0 Å². The number of carbonyl (C=O) groups excluding carboxylic acids is 1. The maximum absolute atomic E-state index is 11.8. The van der Waals surface area contributed by atoms with Gasteiger partial charge in [-0.05, 0) is 19.2 Å². The van der Waals surface area contributed by atoms with Crippen LogP contribution < -0.4 is 15.9 Å². The van der Waals surface area contributed by atoms with E-state index in [2.05, 4.69) is 17.4 Å². The molecule has 1 amide bonds. The molecule has 1 heterocycles. The Labute approximate surface area is 119 Å². The van der Waals surface area contributed by atoms with Crippen LogP contribution in [0.2, 0.25) is 0 Å². The summed E-state index contributed by atoms with van der Waals surface area (Å²) in [6.07, 6.45) is 0.320. The molecule has 20 heavy (non-hydrogen) atoms. The molecule has 3 N–H and O–H groups in total. The van der Waals surface area contributed by atoms with Gasteiger partial charge in [-0.3, -0.25) is 10.2 Å². The van der Waals surface area contributed by atoms with Crippen LogP contribution in [0.3, 0.4) is 0 Å². The van der Waals surface area contributed by atoms with Crippen molar-refractivity contribution >= 4 is 11.6 Å². The van der Waals surface area contributed by atoms with Crippen molar-refractivity contribution in [2.24, 2.45) is 0 Å². The summed E-state index contributed by atoms with van der Waals surface area (Å²) in [6, 6.07) is 7.28. The van der Waals surface area contributed by atoms with E-state index in [0.717, 1.165) is 26.2 Å². The van der Waals surface area contributed by atoms with Crippen LogP contribution in [-0.4, -0.2) is 55.6 Å². The van der Waals surface area contributed by atoms with Crippen molar-refractivity contribution in [3.63, 3.8) is 0 Å². The first-order valence-electron chi connectivity index (χ1n) is 6.85. The molecule has 110 valence electrons. The third-order valence-corrected chi connectivity index (χ3v) is 3.29. The number of amides is 1. The van der Waals surface area contributed by atoms with Crippen LogP contribution in [0.25, 0.3) is 0 Å². The monoisotopic (exact) mass is 278 g/mol. The fourth-order valence-corrected chi connectivity index (χ4v) is 2.02. The molecule has 0 saturated carbocycles. The van der Waals surface area contributed by atoms with Gasteiger partial charge in [0.1, 0.15) is 5.75 Å². The molecule has 1 aromatic rings. The molecule has 1 aliphatic rings. The van der Waals surface area contributed by atoms with Gasteiger partial charge in [-0.2, -0.15) is 0 Å². The molecule has 6 nitrogen and oxygen atoms in total. The summed E-state index contributed by atoms with van der Waals surface area (Å²) in [5.41, 5.74) is 9.25. The SMILES string of the molecule is CN1CCN(NC(=O)CCOc2ccccc2N)CC1. The number of carbonyl (C=O) groups is 1. The van der Waals surface area contributed by atoms with E-state index in [1.54, 1.807) is 12.1 Å². The van der Waals surface area contributed by atoms with E-state index < -0.39 is 0 Å². The van der Waals surface area contributed by atoms with Crippen molar-refractivity contribution in [3.8, 4) is 5.75 Å². The third-order valence-electron chi connectivity index (χ3n) is 3.29. The average molecular weight is 278 g/mol. The molecule has 1 aromatic carbocycles. The van der Waals surface area contributed by atoms with Crippen LogP contribution >= 0.6 is 0 Å². The van der Waals surface area contributed by atoms with E-state index in [1.807, 2.05) is 17.1 Å². The number of anilines is 1. The standard InChI is InChI=1S/C14H22N4O2/c1-17-7-9-18(10-8-17)16-14(19)6-11-20-13-5-3-2-4-12(13)15/h2-5H,6-11,15H2,1H3,(H,16,19). The highest BCUT2D eigenvalue weighted by Crippen LogP contribution is 2.19. The number of benzene rings is 1. The minimum absolute atomic E-state index is 0.0240. The van der Waals surface area contributed by atoms with Gasteiger partial charge in [-0.25, -0.2) is 5.01 Å². The van der Waals surface area contributed by atoms with E-state index in [-0.39, 0.29) is 5.91 Å². The predicted molar refractivity (Wildman–Crippen MR) is 78.2 cm³/mol. The number of likely N-dealkylation sites (N-methyl/N-ethyl adjacent to an activating group) is 1. The fourth-order valence-electron chi connectivity index (χ4n) is 2.02. The molecule has 6 heteroatoms. The fraction of sp³-hybridized carbons (Fsp3) is 0.500. The maximum atomic E-state index is 11.8. The van der Waals surface area contributed by atoms with Crippen molar-refractivity contribution in [1.29, 1.82) is 0 Å². The number of para-hydroxylation sites is 2. The molecule has 0 spiro atoms. The second-order valence-electron chi connectivity index (χ2n) is 4.96. The Kier molecular flexibility index (Phi) is 5.20. The van der Waals surface area contributed by atoms with Gasteiger partial charge in [-0.15, -0.1) is 0 Å². The minimum Gasteiger partial charge on any atom is -0.491 e. The first kappa shape index (κ1) is 14.6. The largest absolute Gasteiger partial charge is 0.491 e. The average Bonchev–Trinajstić information content (AvgIpc) is 2.43. The van der Waals surface area contributed by atoms with E-state index in [9.17, 15) is 4.79 Å². The van der Waals surface area contributed by atoms with Crippen LogP contribution in [0.1, 0.15) is 6.42 Å². The van der Waals surface area contributed by atoms with Crippen LogP contribution in [0.15, 0.2) is 24.3 Å². The number of hydrazine groups is 1. The molecule has 0 atom stereocenters. The van der Waals surface area contributed by atoms with E-state index in [0.29, 0.717) is 24.5 Å². The maximum Gasteiger partial charge on any atom is 0.237 e. The second kappa shape index (κ2) is 7.12. The van der Waals surface area contributed by atoms with Crippen molar-refractivity contribution in [3.05, 3.63) is 24.3 Å². The smallest absolute Gasteiger partial charge is 0.237 e. The summed E-state index contributed by atoms with van der Waals surface area (Å²) >= 11 is 0. The number of ether oxygens (including phenoxy) is 1. The van der Waals surface area contributed by atoms with Crippen LogP contribution in [0, 0.1) is 0 Å². The van der Waals surface area contributed by atoms with Crippen LogP contribution in [-0.2, 0) is 4.79 Å². The van der Waals surface area contributed by atoms with Gasteiger partial charge in [0.05, 0.1) is 18.7 Å². The highest BCUT2D eigenvalue weighted by Gasteiger charge is 2.15. The molecule has 0 bridgehead atoms. The van der Waals surface area contributed by atoms with Crippen molar-refractivity contribution in [2.45, 2.75) is 6.42 Å². The summed E-state index contributed by atoms with van der Waals surface area (Å²) in [5.74, 6) is 0.601. The normalized spacial score (nSPS) is 16.9. The number of nitrogens with zero attached hydrogens (tertiary/aromatic N) is 2. The highest BCUT2D eigenvalue weighted by molar-refractivity contribution is 5.75. The quantitative estimate of drug-likeness (QED) is 0.759. The Hall–Kier alpha value is -1.79. The zero-order valence-electron chi connectivity index (χ0n) is 11.8. The number of hydrogen-bond acceptors (Lipinski definition) is 5. The van der Waals surface area contributed by atoms with Crippen molar-refractivity contribution < 1.29 is 9.53 Å². The summed E-state index contributed by atoms with van der Waals surface area (Å²) < 4.78 is 5.50. The summed E-state index contributed by atoms with van der Waals surface area (Å²) in [5, 5.41) is 1.96.